The van der Waals surface area contributed by atoms with Crippen molar-refractivity contribution in [3.8, 4) is 0 Å². The molecule has 1 saturated carbocycles. The molecule has 1 fully saturated rings. The summed E-state index contributed by atoms with van der Waals surface area (Å²) in [6.45, 7) is 6.43. The summed E-state index contributed by atoms with van der Waals surface area (Å²) >= 11 is 1.32. The van der Waals surface area contributed by atoms with E-state index in [4.69, 9.17) is 7.85 Å². The highest BCUT2D eigenvalue weighted by atomic mass is 32.2. The van der Waals surface area contributed by atoms with E-state index in [-0.39, 0.29) is 17.5 Å². The highest BCUT2D eigenvalue weighted by molar-refractivity contribution is 7.99. The van der Waals surface area contributed by atoms with Crippen molar-refractivity contribution in [1.29, 1.82) is 0 Å². The van der Waals surface area contributed by atoms with Crippen LogP contribution in [0, 0.1) is 23.6 Å². The number of amides is 2. The van der Waals surface area contributed by atoms with Crippen LogP contribution in [0.5, 0.6) is 0 Å². The lowest BCUT2D eigenvalue weighted by Crippen LogP contribution is -2.53. The molecule has 1 aromatic carbocycles. The molecule has 31 heavy (non-hydrogen) atoms. The maximum atomic E-state index is 13.1. The Labute approximate surface area is 190 Å². The fourth-order valence-corrected chi connectivity index (χ4v) is 5.29. The lowest BCUT2D eigenvalue weighted by molar-refractivity contribution is -0.124. The van der Waals surface area contributed by atoms with E-state index in [9.17, 15) is 19.1 Å². The number of nitrogens with one attached hydrogen (secondary N) is 2. The van der Waals surface area contributed by atoms with Crippen LogP contribution in [-0.4, -0.2) is 48.6 Å². The second-order valence-corrected chi connectivity index (χ2v) is 9.90. The first kappa shape index (κ1) is 25.7. The highest BCUT2D eigenvalue weighted by Crippen LogP contribution is 2.36. The Morgan fingerprint density at radius 2 is 1.90 bits per heavy atom. The van der Waals surface area contributed by atoms with Gasteiger partial charge in [-0.05, 0) is 67.7 Å². The number of rotatable bonds is 10. The Kier molecular flexibility index (Phi) is 10.4. The minimum absolute atomic E-state index is 0.241. The first-order chi connectivity index (χ1) is 14.7. The topological polar surface area (TPSA) is 78.4 Å². The lowest BCUT2D eigenvalue weighted by atomic mass is 9.73. The van der Waals surface area contributed by atoms with E-state index in [1.807, 2.05) is 6.92 Å². The van der Waals surface area contributed by atoms with E-state index in [0.29, 0.717) is 24.7 Å². The smallest absolute Gasteiger partial charge is 0.243 e. The molecule has 3 N–H and O–H groups in total. The van der Waals surface area contributed by atoms with Crippen molar-refractivity contribution in [2.75, 3.05) is 5.75 Å². The summed E-state index contributed by atoms with van der Waals surface area (Å²) in [5, 5.41) is 16.2. The molecule has 1 aliphatic rings. The van der Waals surface area contributed by atoms with Crippen LogP contribution < -0.4 is 10.6 Å². The molecule has 0 bridgehead atoms. The maximum absolute atomic E-state index is 13.1. The lowest BCUT2D eigenvalue weighted by Gasteiger charge is -2.35. The molecule has 8 heteroatoms. The van der Waals surface area contributed by atoms with Gasteiger partial charge in [-0.25, -0.2) is 4.39 Å². The monoisotopic (exact) mass is 448 g/mol. The third-order valence-corrected chi connectivity index (χ3v) is 7.35. The summed E-state index contributed by atoms with van der Waals surface area (Å²) in [6, 6.07) is 4.66. The molecular weight excluding hydrogens is 414 g/mol. The predicted molar refractivity (Wildman–Crippen MR) is 124 cm³/mol. The summed E-state index contributed by atoms with van der Waals surface area (Å²) in [5.74, 6) is 0.460. The average molecular weight is 448 g/mol. The molecule has 0 heterocycles. The van der Waals surface area contributed by atoms with Crippen LogP contribution in [0.4, 0.5) is 9.18 Å². The number of aliphatic hydroxyl groups is 1. The molecule has 1 aromatic rings. The fourth-order valence-electron chi connectivity index (χ4n) is 4.37. The Bertz CT molecular complexity index is 721. The SMILES string of the molecule is [B]C(=O)N[C@H](CSc1ccc(F)cc1)C(=O)N[C@@H](CC)[C@H](O)CC1CCC(C)CC1C. The van der Waals surface area contributed by atoms with Crippen LogP contribution in [0.3, 0.4) is 0 Å². The number of halogens is 1. The van der Waals surface area contributed by atoms with Gasteiger partial charge in [0.15, 0.2) is 5.81 Å². The molecule has 1 aliphatic carbocycles. The van der Waals surface area contributed by atoms with E-state index < -0.39 is 24.0 Å². The first-order valence-electron chi connectivity index (χ1n) is 11.1. The quantitative estimate of drug-likeness (QED) is 0.375. The van der Waals surface area contributed by atoms with Crippen LogP contribution >= 0.6 is 11.8 Å². The number of carbonyl (C=O) groups is 2. The predicted octanol–water partition coefficient (Wildman–Crippen LogP) is 3.88. The maximum Gasteiger partial charge on any atom is 0.243 e. The van der Waals surface area contributed by atoms with Crippen LogP contribution in [0.25, 0.3) is 0 Å². The zero-order chi connectivity index (χ0) is 23.0. The van der Waals surface area contributed by atoms with Gasteiger partial charge >= 0.3 is 0 Å². The van der Waals surface area contributed by atoms with Gasteiger partial charge in [0, 0.05) is 10.6 Å². The largest absolute Gasteiger partial charge is 0.391 e. The van der Waals surface area contributed by atoms with E-state index in [1.54, 1.807) is 12.1 Å². The summed E-state index contributed by atoms with van der Waals surface area (Å²) in [4.78, 5) is 25.0. The van der Waals surface area contributed by atoms with Gasteiger partial charge in [-0.2, -0.15) is 0 Å². The second kappa shape index (κ2) is 12.5. The zero-order valence-corrected chi connectivity index (χ0v) is 19.5. The normalized spacial score (nSPS) is 24.1. The molecule has 0 aliphatic heterocycles. The molecular formula is C23H34BFN2O3S. The van der Waals surface area contributed by atoms with Gasteiger partial charge in [0.05, 0.1) is 12.1 Å². The summed E-state index contributed by atoms with van der Waals surface area (Å²) in [7, 11) is 5.25. The van der Waals surface area contributed by atoms with Crippen molar-refractivity contribution < 1.29 is 19.1 Å². The van der Waals surface area contributed by atoms with Gasteiger partial charge < -0.3 is 15.7 Å². The molecule has 170 valence electrons. The second-order valence-electron chi connectivity index (χ2n) is 8.81. The van der Waals surface area contributed by atoms with Crippen molar-refractivity contribution in [2.45, 2.75) is 76.0 Å². The van der Waals surface area contributed by atoms with Gasteiger partial charge in [0.1, 0.15) is 11.9 Å². The van der Waals surface area contributed by atoms with E-state index in [1.165, 1.54) is 36.7 Å². The van der Waals surface area contributed by atoms with Crippen molar-refractivity contribution in [2.24, 2.45) is 17.8 Å². The fraction of sp³-hybridized carbons (Fsp3) is 0.652. The van der Waals surface area contributed by atoms with E-state index in [0.717, 1.165) is 17.2 Å². The van der Waals surface area contributed by atoms with Gasteiger partial charge in [-0.3, -0.25) is 9.59 Å². The Balaban J connectivity index is 1.95. The molecule has 6 atom stereocenters. The highest BCUT2D eigenvalue weighted by Gasteiger charge is 2.31. The van der Waals surface area contributed by atoms with Crippen LogP contribution in [0.15, 0.2) is 29.2 Å². The van der Waals surface area contributed by atoms with Gasteiger partial charge in [0.2, 0.25) is 13.8 Å². The Morgan fingerprint density at radius 3 is 2.48 bits per heavy atom. The number of aliphatic hydroxyl groups excluding tert-OH is 1. The van der Waals surface area contributed by atoms with Gasteiger partial charge in [-0.1, -0.05) is 27.2 Å². The molecule has 5 nitrogen and oxygen atoms in total. The minimum Gasteiger partial charge on any atom is -0.391 e. The molecule has 2 amide bonds. The molecule has 0 saturated heterocycles. The van der Waals surface area contributed by atoms with E-state index >= 15 is 0 Å². The number of benzene rings is 1. The number of thioether (sulfide) groups is 1. The molecule has 2 rings (SSSR count). The van der Waals surface area contributed by atoms with Crippen molar-refractivity contribution in [3.05, 3.63) is 30.1 Å². The molecule has 0 aromatic heterocycles. The van der Waals surface area contributed by atoms with Crippen LogP contribution in [-0.2, 0) is 4.79 Å². The number of hydrogen-bond donors (Lipinski definition) is 3. The third-order valence-electron chi connectivity index (χ3n) is 6.25. The number of hydrogen-bond acceptors (Lipinski definition) is 4. The summed E-state index contributed by atoms with van der Waals surface area (Å²) in [6.07, 6.45) is 4.05. The molecule has 3 unspecified atom stereocenters. The van der Waals surface area contributed by atoms with E-state index in [2.05, 4.69) is 24.5 Å². The molecule has 2 radical (unpaired) electrons. The Hall–Kier alpha value is -1.54. The summed E-state index contributed by atoms with van der Waals surface area (Å²) < 4.78 is 13.1. The standard InChI is InChI=1S/C23H34BFN2O3S/c1-4-19(21(28)12-16-6-5-14(2)11-15(16)3)26-22(29)20(27-23(24)30)13-31-18-9-7-17(25)8-10-18/h7-10,14-16,19-21,28H,4-6,11-13H2,1-3H3,(H,26,29)(H,27,30)/t14?,15?,16?,19-,20+,21+/m0/s1. The zero-order valence-electron chi connectivity index (χ0n) is 18.6. The number of carbonyl (C=O) groups excluding carboxylic acids is 2. The first-order valence-corrected chi connectivity index (χ1v) is 12.1. The van der Waals surface area contributed by atoms with Crippen LogP contribution in [0.1, 0.15) is 52.9 Å². The summed E-state index contributed by atoms with van der Waals surface area (Å²) in [5.41, 5.74) is 0. The van der Waals surface area contributed by atoms with Crippen molar-refractivity contribution in [1.82, 2.24) is 10.6 Å². The van der Waals surface area contributed by atoms with Crippen LogP contribution in [0.2, 0.25) is 0 Å². The van der Waals surface area contributed by atoms with Gasteiger partial charge in [0.25, 0.3) is 0 Å². The van der Waals surface area contributed by atoms with Gasteiger partial charge in [-0.15, -0.1) is 11.8 Å². The minimum atomic E-state index is -0.858. The average Bonchev–Trinajstić information content (AvgIpc) is 2.72. The van der Waals surface area contributed by atoms with Crippen molar-refractivity contribution in [3.63, 3.8) is 0 Å². The third kappa shape index (κ3) is 8.49. The van der Waals surface area contributed by atoms with Crippen molar-refractivity contribution >= 4 is 31.3 Å². The molecule has 0 spiro atoms. The Morgan fingerprint density at radius 1 is 1.23 bits per heavy atom.